The molecule has 0 aliphatic carbocycles. The summed E-state index contributed by atoms with van der Waals surface area (Å²) in [5.41, 5.74) is 1.10. The lowest BCUT2D eigenvalue weighted by Crippen LogP contribution is -1.95. The summed E-state index contributed by atoms with van der Waals surface area (Å²) in [4.78, 5) is 0. The minimum atomic E-state index is -0.125. The Morgan fingerprint density at radius 2 is 0.955 bits per heavy atom. The lowest BCUT2D eigenvalue weighted by Gasteiger charge is -2.17. The maximum atomic E-state index is 10.2. The van der Waals surface area contributed by atoms with E-state index >= 15 is 0 Å². The van der Waals surface area contributed by atoms with E-state index in [0.717, 1.165) is 0 Å². The quantitative estimate of drug-likeness (QED) is 0.884. The van der Waals surface area contributed by atoms with Crippen LogP contribution in [0.1, 0.15) is 0 Å². The van der Waals surface area contributed by atoms with Gasteiger partial charge in [-0.2, -0.15) is 0 Å². The zero-order chi connectivity index (χ0) is 16.3. The maximum absolute atomic E-state index is 10.2. The van der Waals surface area contributed by atoms with Crippen molar-refractivity contribution in [1.29, 1.82) is 0 Å². The number of hydrogen-bond acceptors (Lipinski definition) is 6. The highest BCUT2D eigenvalue weighted by molar-refractivity contribution is 5.82. The first-order chi connectivity index (χ1) is 10.6. The zero-order valence-electron chi connectivity index (χ0n) is 12.8. The Balaban J connectivity index is 2.72. The van der Waals surface area contributed by atoms with Gasteiger partial charge >= 0.3 is 0 Å². The highest BCUT2D eigenvalue weighted by Crippen LogP contribution is 2.49. The van der Waals surface area contributed by atoms with Gasteiger partial charge in [0.1, 0.15) is 0 Å². The molecule has 2 aromatic rings. The van der Waals surface area contributed by atoms with Crippen LogP contribution < -0.4 is 18.9 Å². The molecular formula is C16H18O6. The second-order valence-corrected chi connectivity index (χ2v) is 4.39. The van der Waals surface area contributed by atoms with Gasteiger partial charge in [0, 0.05) is 11.1 Å². The van der Waals surface area contributed by atoms with Crippen LogP contribution in [-0.2, 0) is 0 Å². The molecule has 118 valence electrons. The predicted molar refractivity (Wildman–Crippen MR) is 81.4 cm³/mol. The largest absolute Gasteiger partial charge is 0.502 e. The Morgan fingerprint density at radius 1 is 0.591 bits per heavy atom. The van der Waals surface area contributed by atoms with Crippen LogP contribution in [0.4, 0.5) is 0 Å². The Bertz CT molecular complexity index is 621. The van der Waals surface area contributed by atoms with E-state index in [4.69, 9.17) is 18.9 Å². The van der Waals surface area contributed by atoms with Gasteiger partial charge in [0.05, 0.1) is 28.4 Å². The van der Waals surface area contributed by atoms with Crippen molar-refractivity contribution >= 4 is 0 Å². The molecule has 0 atom stereocenters. The number of phenolic OH excluding ortho intramolecular Hbond substituents is 2. The fourth-order valence-corrected chi connectivity index (χ4v) is 2.27. The lowest BCUT2D eigenvalue weighted by atomic mass is 10.0. The third-order valence-electron chi connectivity index (χ3n) is 3.33. The highest BCUT2D eigenvalue weighted by atomic mass is 16.5. The molecule has 0 bridgehead atoms. The van der Waals surface area contributed by atoms with E-state index in [-0.39, 0.29) is 34.5 Å². The minimum Gasteiger partial charge on any atom is -0.502 e. The number of ether oxygens (including phenoxy) is 4. The summed E-state index contributed by atoms with van der Waals surface area (Å²) < 4.78 is 20.7. The summed E-state index contributed by atoms with van der Waals surface area (Å²) in [6.45, 7) is 0. The van der Waals surface area contributed by atoms with Crippen LogP contribution in [-0.4, -0.2) is 38.7 Å². The van der Waals surface area contributed by atoms with Gasteiger partial charge in [-0.15, -0.1) is 0 Å². The number of phenols is 2. The Morgan fingerprint density at radius 3 is 1.23 bits per heavy atom. The molecule has 0 aromatic heterocycles. The van der Waals surface area contributed by atoms with Crippen LogP contribution in [0, 0.1) is 0 Å². The molecule has 0 fully saturated rings. The van der Waals surface area contributed by atoms with E-state index in [1.807, 2.05) is 0 Å². The summed E-state index contributed by atoms with van der Waals surface area (Å²) >= 11 is 0. The summed E-state index contributed by atoms with van der Waals surface area (Å²) in [5.74, 6) is 0.777. The van der Waals surface area contributed by atoms with Gasteiger partial charge < -0.3 is 29.2 Å². The van der Waals surface area contributed by atoms with E-state index in [0.29, 0.717) is 11.1 Å². The molecule has 2 rings (SSSR count). The van der Waals surface area contributed by atoms with Crippen LogP contribution in [0.3, 0.4) is 0 Å². The normalized spacial score (nSPS) is 10.2. The van der Waals surface area contributed by atoms with Gasteiger partial charge in [-0.25, -0.2) is 0 Å². The predicted octanol–water partition coefficient (Wildman–Crippen LogP) is 2.80. The van der Waals surface area contributed by atoms with Crippen molar-refractivity contribution in [3.8, 4) is 45.6 Å². The highest BCUT2D eigenvalue weighted by Gasteiger charge is 2.21. The molecule has 0 amide bonds. The lowest BCUT2D eigenvalue weighted by molar-refractivity contribution is 0.337. The monoisotopic (exact) mass is 306 g/mol. The molecule has 2 aromatic carbocycles. The van der Waals surface area contributed by atoms with E-state index in [1.165, 1.54) is 28.4 Å². The van der Waals surface area contributed by atoms with Gasteiger partial charge in [-0.05, 0) is 24.3 Å². The third kappa shape index (κ3) is 2.43. The van der Waals surface area contributed by atoms with E-state index < -0.39 is 0 Å². The molecule has 6 heteroatoms. The molecule has 0 heterocycles. The first kappa shape index (κ1) is 15.6. The second-order valence-electron chi connectivity index (χ2n) is 4.39. The molecule has 0 radical (unpaired) electrons. The smallest absolute Gasteiger partial charge is 0.201 e. The van der Waals surface area contributed by atoms with Gasteiger partial charge in [0.25, 0.3) is 0 Å². The molecule has 0 saturated heterocycles. The zero-order valence-corrected chi connectivity index (χ0v) is 12.8. The third-order valence-corrected chi connectivity index (χ3v) is 3.33. The van der Waals surface area contributed by atoms with Gasteiger partial charge in [-0.1, -0.05) is 0 Å². The van der Waals surface area contributed by atoms with Crippen molar-refractivity contribution in [1.82, 2.24) is 0 Å². The average Bonchev–Trinajstić information content (AvgIpc) is 2.54. The molecule has 0 aliphatic heterocycles. The number of rotatable bonds is 5. The number of benzene rings is 2. The van der Waals surface area contributed by atoms with Crippen molar-refractivity contribution < 1.29 is 29.2 Å². The summed E-state index contributed by atoms with van der Waals surface area (Å²) in [5, 5.41) is 20.4. The van der Waals surface area contributed by atoms with Crippen molar-refractivity contribution in [2.24, 2.45) is 0 Å². The molecule has 0 aliphatic rings. The van der Waals surface area contributed by atoms with E-state index in [1.54, 1.807) is 24.3 Å². The van der Waals surface area contributed by atoms with Crippen molar-refractivity contribution in [3.05, 3.63) is 24.3 Å². The molecule has 2 N–H and O–H groups in total. The Kier molecular flexibility index (Phi) is 4.50. The van der Waals surface area contributed by atoms with Gasteiger partial charge in [-0.3, -0.25) is 0 Å². The molecule has 0 spiro atoms. The molecule has 0 unspecified atom stereocenters. The van der Waals surface area contributed by atoms with Crippen LogP contribution >= 0.6 is 0 Å². The molecule has 0 saturated carbocycles. The number of hydrogen-bond donors (Lipinski definition) is 2. The van der Waals surface area contributed by atoms with Crippen LogP contribution in [0.5, 0.6) is 34.5 Å². The van der Waals surface area contributed by atoms with Gasteiger partial charge in [0.15, 0.2) is 23.0 Å². The van der Waals surface area contributed by atoms with Crippen molar-refractivity contribution in [2.45, 2.75) is 0 Å². The van der Waals surface area contributed by atoms with Crippen molar-refractivity contribution in [3.63, 3.8) is 0 Å². The Labute approximate surface area is 128 Å². The molecule has 6 nitrogen and oxygen atoms in total. The summed E-state index contributed by atoms with van der Waals surface area (Å²) in [6.07, 6.45) is 0. The maximum Gasteiger partial charge on any atom is 0.201 e. The average molecular weight is 306 g/mol. The minimum absolute atomic E-state index is 0.125. The SMILES string of the molecule is COc1ccc(-c2ccc(OC)c(O)c2OC)c(OC)c1O. The van der Waals surface area contributed by atoms with Crippen molar-refractivity contribution in [2.75, 3.05) is 28.4 Å². The molecular weight excluding hydrogens is 288 g/mol. The van der Waals surface area contributed by atoms with Crippen LogP contribution in [0.2, 0.25) is 0 Å². The Hall–Kier alpha value is -2.76. The summed E-state index contributed by atoms with van der Waals surface area (Å²) in [6, 6.07) is 6.63. The standard InChI is InChI=1S/C16H18O6/c1-19-11-7-5-9(15(21-3)13(11)17)10-6-8-12(20-2)14(18)16(10)22-4/h5-8,17-18H,1-4H3. The second kappa shape index (κ2) is 6.34. The van der Waals surface area contributed by atoms with Crippen LogP contribution in [0.15, 0.2) is 24.3 Å². The topological polar surface area (TPSA) is 77.4 Å². The molecule has 22 heavy (non-hydrogen) atoms. The van der Waals surface area contributed by atoms with E-state index in [2.05, 4.69) is 0 Å². The fraction of sp³-hybridized carbons (Fsp3) is 0.250. The number of aromatic hydroxyl groups is 2. The summed E-state index contributed by atoms with van der Waals surface area (Å²) in [7, 11) is 5.78. The fourth-order valence-electron chi connectivity index (χ4n) is 2.27. The van der Waals surface area contributed by atoms with Gasteiger partial charge in [0.2, 0.25) is 11.5 Å². The first-order valence-electron chi connectivity index (χ1n) is 6.47. The first-order valence-corrected chi connectivity index (χ1v) is 6.47. The number of methoxy groups -OCH3 is 4. The van der Waals surface area contributed by atoms with E-state index in [9.17, 15) is 10.2 Å². The van der Waals surface area contributed by atoms with Crippen LogP contribution in [0.25, 0.3) is 11.1 Å².